The highest BCUT2D eigenvalue weighted by Crippen LogP contribution is 2.13. The van der Waals surface area contributed by atoms with Crippen molar-refractivity contribution in [1.29, 1.82) is 0 Å². The minimum Gasteiger partial charge on any atom is -0.207 e. The normalized spacial score (nSPS) is 8.23. The van der Waals surface area contributed by atoms with Crippen LogP contribution < -0.4 is 0 Å². The summed E-state index contributed by atoms with van der Waals surface area (Å²) < 4.78 is 12.6. The lowest BCUT2D eigenvalue weighted by Crippen LogP contribution is -1.81. The van der Waals surface area contributed by atoms with E-state index in [0.29, 0.717) is 0 Å². The van der Waals surface area contributed by atoms with Gasteiger partial charge in [0.05, 0.1) is 0 Å². The molecule has 0 spiro atoms. The van der Waals surface area contributed by atoms with Crippen LogP contribution in [0, 0.1) is 5.82 Å². The molecule has 1 aromatic rings. The van der Waals surface area contributed by atoms with Gasteiger partial charge in [0, 0.05) is 0 Å². The molecule has 0 aliphatic rings. The molecule has 0 atom stereocenters. The lowest BCUT2D eigenvalue weighted by molar-refractivity contribution is 0.627. The Kier molecular flexibility index (Phi) is 5.53. The Morgan fingerprint density at radius 3 is 2.08 bits per heavy atom. The van der Waals surface area contributed by atoms with E-state index >= 15 is 0 Å². The molecule has 70 valence electrons. The summed E-state index contributed by atoms with van der Waals surface area (Å²) in [5.74, 6) is -0.245. The van der Waals surface area contributed by atoms with E-state index in [9.17, 15) is 4.39 Å². The van der Waals surface area contributed by atoms with Crippen LogP contribution in [0.1, 0.15) is 25.0 Å². The van der Waals surface area contributed by atoms with E-state index in [4.69, 9.17) is 0 Å². The fourth-order valence-electron chi connectivity index (χ4n) is 0.908. The lowest BCUT2D eigenvalue weighted by Gasteiger charge is -1.98. The zero-order chi connectivity index (χ0) is 10.3. The molecule has 1 aromatic carbocycles. The van der Waals surface area contributed by atoms with Gasteiger partial charge in [0.2, 0.25) is 0 Å². The topological polar surface area (TPSA) is 0 Å². The van der Waals surface area contributed by atoms with Crippen LogP contribution in [0.5, 0.6) is 0 Å². The molecule has 13 heavy (non-hydrogen) atoms. The summed E-state index contributed by atoms with van der Waals surface area (Å²) >= 11 is 0. The van der Waals surface area contributed by atoms with Gasteiger partial charge in [-0.2, -0.15) is 0 Å². The molecule has 0 saturated carbocycles. The van der Waals surface area contributed by atoms with Gasteiger partial charge in [-0.15, -0.1) is 0 Å². The van der Waals surface area contributed by atoms with Gasteiger partial charge in [-0.05, 0) is 23.3 Å². The van der Waals surface area contributed by atoms with E-state index in [1.165, 1.54) is 12.1 Å². The summed E-state index contributed by atoms with van der Waals surface area (Å²) in [5, 5.41) is 0. The van der Waals surface area contributed by atoms with Crippen molar-refractivity contribution in [3.05, 3.63) is 48.3 Å². The highest BCUT2D eigenvalue weighted by atomic mass is 19.1. The van der Waals surface area contributed by atoms with Crippen molar-refractivity contribution < 1.29 is 4.39 Å². The maximum atomic E-state index is 12.6. The molecule has 0 unspecified atom stereocenters. The minimum atomic E-state index is -0.245. The van der Waals surface area contributed by atoms with Gasteiger partial charge in [-0.3, -0.25) is 0 Å². The second kappa shape index (κ2) is 6.18. The Hall–Kier alpha value is -1.37. The summed E-state index contributed by atoms with van der Waals surface area (Å²) in [7, 11) is 0. The van der Waals surface area contributed by atoms with E-state index < -0.39 is 0 Å². The zero-order valence-electron chi connectivity index (χ0n) is 8.18. The predicted molar refractivity (Wildman–Crippen MR) is 57.9 cm³/mol. The highest BCUT2D eigenvalue weighted by Gasteiger charge is 1.95. The Bertz CT molecular complexity index is 287. The predicted octanol–water partition coefficient (Wildman–Crippen LogP) is 4.14. The fraction of sp³-hybridized carbons (Fsp3) is 0.167. The molecule has 0 fully saturated rings. The van der Waals surface area contributed by atoms with Crippen molar-refractivity contribution in [2.24, 2.45) is 0 Å². The molecule has 0 saturated heterocycles. The first kappa shape index (κ1) is 11.6. The second-order valence-electron chi connectivity index (χ2n) is 2.18. The van der Waals surface area contributed by atoms with Crippen LogP contribution in [0.3, 0.4) is 0 Å². The van der Waals surface area contributed by atoms with Gasteiger partial charge in [-0.1, -0.05) is 45.2 Å². The smallest absolute Gasteiger partial charge is 0.123 e. The van der Waals surface area contributed by atoms with Gasteiger partial charge in [0.1, 0.15) is 5.82 Å². The monoisotopic (exact) mass is 178 g/mol. The zero-order valence-corrected chi connectivity index (χ0v) is 8.18. The van der Waals surface area contributed by atoms with E-state index in [0.717, 1.165) is 11.1 Å². The Balaban J connectivity index is 0.000000671. The van der Waals surface area contributed by atoms with E-state index in [1.54, 1.807) is 18.2 Å². The number of halogens is 1. The average Bonchev–Trinajstić information content (AvgIpc) is 2.20. The van der Waals surface area contributed by atoms with Crippen LogP contribution in [0.2, 0.25) is 0 Å². The quantitative estimate of drug-likeness (QED) is 0.638. The van der Waals surface area contributed by atoms with Crippen LogP contribution in [-0.4, -0.2) is 0 Å². The molecule has 0 aliphatic heterocycles. The molecule has 0 N–H and O–H groups in total. The fourth-order valence-corrected chi connectivity index (χ4v) is 0.908. The SMILES string of the molecule is C=Cc1ccc(F)cc1C=C.CC. The van der Waals surface area contributed by atoms with Crippen LogP contribution >= 0.6 is 0 Å². The third kappa shape index (κ3) is 3.24. The minimum absolute atomic E-state index is 0.245. The molecule has 0 aliphatic carbocycles. The highest BCUT2D eigenvalue weighted by molar-refractivity contribution is 5.63. The summed E-state index contributed by atoms with van der Waals surface area (Å²) in [4.78, 5) is 0. The summed E-state index contributed by atoms with van der Waals surface area (Å²) in [6.45, 7) is 11.2. The van der Waals surface area contributed by atoms with Gasteiger partial charge < -0.3 is 0 Å². The van der Waals surface area contributed by atoms with E-state index in [2.05, 4.69) is 13.2 Å². The van der Waals surface area contributed by atoms with Crippen molar-refractivity contribution >= 4 is 12.2 Å². The number of hydrogen-bond donors (Lipinski definition) is 0. The van der Waals surface area contributed by atoms with Crippen molar-refractivity contribution in [2.75, 3.05) is 0 Å². The van der Waals surface area contributed by atoms with Crippen LogP contribution in [0.15, 0.2) is 31.4 Å². The van der Waals surface area contributed by atoms with Gasteiger partial charge in [-0.25, -0.2) is 4.39 Å². The van der Waals surface area contributed by atoms with Crippen molar-refractivity contribution in [3.8, 4) is 0 Å². The Labute approximate surface area is 79.4 Å². The summed E-state index contributed by atoms with van der Waals surface area (Å²) in [6.07, 6.45) is 3.29. The molecule has 0 amide bonds. The second-order valence-corrected chi connectivity index (χ2v) is 2.18. The van der Waals surface area contributed by atoms with Crippen molar-refractivity contribution in [1.82, 2.24) is 0 Å². The molecule has 1 rings (SSSR count). The molecular weight excluding hydrogens is 163 g/mol. The first-order valence-corrected chi connectivity index (χ1v) is 4.32. The third-order valence-corrected chi connectivity index (χ3v) is 1.49. The summed E-state index contributed by atoms with van der Waals surface area (Å²) in [5.41, 5.74) is 1.68. The number of rotatable bonds is 2. The van der Waals surface area contributed by atoms with E-state index in [-0.39, 0.29) is 5.82 Å². The molecule has 0 aromatic heterocycles. The first-order chi connectivity index (χ1) is 6.27. The third-order valence-electron chi connectivity index (χ3n) is 1.49. The maximum Gasteiger partial charge on any atom is 0.123 e. The molecule has 0 bridgehead atoms. The first-order valence-electron chi connectivity index (χ1n) is 4.32. The summed E-state index contributed by atoms with van der Waals surface area (Å²) in [6, 6.07) is 4.52. The van der Waals surface area contributed by atoms with Gasteiger partial charge in [0.15, 0.2) is 0 Å². The van der Waals surface area contributed by atoms with Gasteiger partial charge >= 0.3 is 0 Å². The Morgan fingerprint density at radius 1 is 1.08 bits per heavy atom. The number of hydrogen-bond acceptors (Lipinski definition) is 0. The van der Waals surface area contributed by atoms with Crippen LogP contribution in [0.25, 0.3) is 12.2 Å². The molecule has 0 radical (unpaired) electrons. The standard InChI is InChI=1S/C10H9F.C2H6/c1-3-8-5-6-10(11)7-9(8)4-2;1-2/h3-7H,1-2H2;1-2H3. The maximum absolute atomic E-state index is 12.6. The van der Waals surface area contributed by atoms with Crippen LogP contribution in [0.4, 0.5) is 4.39 Å². The lowest BCUT2D eigenvalue weighted by atomic mass is 10.1. The number of benzene rings is 1. The molecule has 1 heteroatoms. The van der Waals surface area contributed by atoms with Crippen LogP contribution in [-0.2, 0) is 0 Å². The van der Waals surface area contributed by atoms with E-state index in [1.807, 2.05) is 13.8 Å². The van der Waals surface area contributed by atoms with Crippen molar-refractivity contribution in [3.63, 3.8) is 0 Å². The molecular formula is C12H15F. The Morgan fingerprint density at radius 2 is 1.62 bits per heavy atom. The van der Waals surface area contributed by atoms with Crippen molar-refractivity contribution in [2.45, 2.75) is 13.8 Å². The largest absolute Gasteiger partial charge is 0.207 e. The van der Waals surface area contributed by atoms with Gasteiger partial charge in [0.25, 0.3) is 0 Å². The average molecular weight is 178 g/mol. The molecule has 0 nitrogen and oxygen atoms in total. The molecule has 0 heterocycles.